The highest BCUT2D eigenvalue weighted by molar-refractivity contribution is 6.13. The van der Waals surface area contributed by atoms with Crippen molar-refractivity contribution >= 4 is 55.2 Å². The topological polar surface area (TPSA) is 69.8 Å². The molecule has 4 heterocycles. The van der Waals surface area contributed by atoms with E-state index in [4.69, 9.17) is 0 Å². The smallest absolute Gasteiger partial charge is 0.193 e. The Bertz CT molecular complexity index is 3900. The third-order valence-corrected chi connectivity index (χ3v) is 14.0. The van der Waals surface area contributed by atoms with Gasteiger partial charge in [-0.3, -0.25) is 19.6 Å². The van der Waals surface area contributed by atoms with Gasteiger partial charge in [0.15, 0.2) is 11.6 Å². The molecule has 0 atom stereocenters. The minimum Gasteiger partial charge on any atom is -0.309 e. The predicted octanol–water partition coefficient (Wildman–Crippen LogP) is 15.8. The monoisotopic (exact) mass is 922 g/mol. The van der Waals surface area contributed by atoms with E-state index in [0.29, 0.717) is 22.3 Å². The van der Waals surface area contributed by atoms with Gasteiger partial charge in [0.05, 0.1) is 22.1 Å². The summed E-state index contributed by atoms with van der Waals surface area (Å²) in [6.45, 7) is 0. The van der Waals surface area contributed by atoms with Crippen LogP contribution in [0.4, 0.5) is 0 Å². The van der Waals surface area contributed by atoms with Crippen molar-refractivity contribution in [3.05, 3.63) is 278 Å². The quantitative estimate of drug-likeness (QED) is 0.128. The Labute approximate surface area is 415 Å². The first-order valence-electron chi connectivity index (χ1n) is 24.0. The summed E-state index contributed by atoms with van der Waals surface area (Å²) in [7, 11) is 0. The zero-order chi connectivity index (χ0) is 48.1. The maximum absolute atomic E-state index is 13.9. The highest BCUT2D eigenvalue weighted by atomic mass is 16.1. The molecule has 0 N–H and O–H groups in total. The molecule has 0 saturated heterocycles. The largest absolute Gasteiger partial charge is 0.309 e. The summed E-state index contributed by atoms with van der Waals surface area (Å²) in [5, 5.41) is 4.31. The second-order valence-corrected chi connectivity index (χ2v) is 18.1. The number of nitrogens with zero attached hydrogens (tertiary/aromatic N) is 4. The third kappa shape index (κ3) is 7.46. The molecule has 0 fully saturated rings. The van der Waals surface area contributed by atoms with Crippen LogP contribution in [0.5, 0.6) is 0 Å². The number of hydrogen-bond acceptors (Lipinski definition) is 4. The predicted molar refractivity (Wildman–Crippen MR) is 292 cm³/mol. The third-order valence-electron chi connectivity index (χ3n) is 14.0. The minimum absolute atomic E-state index is 0.117. The van der Waals surface area contributed by atoms with Crippen LogP contribution in [0.25, 0.3) is 99.5 Å². The van der Waals surface area contributed by atoms with Gasteiger partial charge in [0, 0.05) is 80.0 Å². The summed E-state index contributed by atoms with van der Waals surface area (Å²) in [6, 6.07) is 77.8. The number of fused-ring (bicyclic) bond motifs is 6. The molecule has 0 unspecified atom stereocenters. The molecule has 338 valence electrons. The highest BCUT2D eigenvalue weighted by Crippen LogP contribution is 2.37. The highest BCUT2D eigenvalue weighted by Gasteiger charge is 2.18. The van der Waals surface area contributed by atoms with Gasteiger partial charge in [0.2, 0.25) is 0 Å². The molecule has 0 aliphatic rings. The van der Waals surface area contributed by atoms with Crippen LogP contribution in [0.2, 0.25) is 0 Å². The van der Waals surface area contributed by atoms with Crippen molar-refractivity contribution in [3.63, 3.8) is 0 Å². The van der Waals surface area contributed by atoms with Gasteiger partial charge in [-0.2, -0.15) is 0 Å². The van der Waals surface area contributed by atoms with E-state index in [1.165, 1.54) is 22.3 Å². The van der Waals surface area contributed by atoms with Gasteiger partial charge in [0.25, 0.3) is 0 Å². The molecular weight excluding hydrogens is 881 g/mol. The van der Waals surface area contributed by atoms with E-state index in [2.05, 4.69) is 153 Å². The van der Waals surface area contributed by atoms with Crippen molar-refractivity contribution in [1.82, 2.24) is 19.1 Å². The SMILES string of the molecule is O=C(c1ccc(C(=O)c2ccc(-n3c4ccncc4c4cc(-c5ccc(-c6ccccc6)cc5)ccc43)cc2)cc1)c1ccc(-n2c3ccncc3c3cc(-c4ccc(-c5ccccc5)cc4)ccc32)cc1. The number of carbonyl (C=O) groups is 2. The molecule has 6 nitrogen and oxygen atoms in total. The molecule has 0 bridgehead atoms. The molecule has 0 spiro atoms. The summed E-state index contributed by atoms with van der Waals surface area (Å²) in [5.41, 5.74) is 17.5. The van der Waals surface area contributed by atoms with E-state index < -0.39 is 0 Å². The summed E-state index contributed by atoms with van der Waals surface area (Å²) in [5.74, 6) is -0.234. The van der Waals surface area contributed by atoms with E-state index in [1.54, 1.807) is 24.3 Å². The van der Waals surface area contributed by atoms with Crippen LogP contribution in [0.1, 0.15) is 31.8 Å². The van der Waals surface area contributed by atoms with Gasteiger partial charge in [-0.25, -0.2) is 0 Å². The Morgan fingerprint density at radius 1 is 0.278 bits per heavy atom. The van der Waals surface area contributed by atoms with Gasteiger partial charge in [-0.15, -0.1) is 0 Å². The average molecular weight is 923 g/mol. The van der Waals surface area contributed by atoms with E-state index in [9.17, 15) is 9.59 Å². The summed E-state index contributed by atoms with van der Waals surface area (Å²) < 4.78 is 4.44. The summed E-state index contributed by atoms with van der Waals surface area (Å²) >= 11 is 0. The van der Waals surface area contributed by atoms with E-state index in [1.807, 2.05) is 97.6 Å². The fourth-order valence-corrected chi connectivity index (χ4v) is 10.2. The normalized spacial score (nSPS) is 11.4. The molecule has 13 rings (SSSR count). The lowest BCUT2D eigenvalue weighted by molar-refractivity contribution is 0.102. The fraction of sp³-hybridized carbons (Fsp3) is 0. The number of benzene rings is 9. The summed E-state index contributed by atoms with van der Waals surface area (Å²) in [4.78, 5) is 36.7. The Balaban J connectivity index is 0.725. The zero-order valence-corrected chi connectivity index (χ0v) is 38.9. The molecule has 0 aliphatic carbocycles. The number of carbonyl (C=O) groups excluding carboxylic acids is 2. The number of ketones is 2. The first-order valence-corrected chi connectivity index (χ1v) is 24.0. The Hall–Kier alpha value is -9.78. The van der Waals surface area contributed by atoms with Crippen molar-refractivity contribution in [2.45, 2.75) is 0 Å². The van der Waals surface area contributed by atoms with Crippen molar-refractivity contribution in [2.75, 3.05) is 0 Å². The molecule has 0 radical (unpaired) electrons. The standard InChI is InChI=1S/C66H42N4O2/c71-65(51-23-29-55(30-24-51)69-61-33-27-53(39-57(61)59-41-67-37-35-63(59)69)47-15-11-45(12-16-47)43-7-3-1-4-8-43)49-19-21-50(22-20-49)66(72)52-25-31-56(32-26-52)70-62-34-28-54(40-58(62)60-42-68-38-36-64(60)70)48-17-13-46(14-18-48)44-9-5-2-6-10-44/h1-42H. The second-order valence-electron chi connectivity index (χ2n) is 18.1. The van der Waals surface area contributed by atoms with Crippen LogP contribution in [0.3, 0.4) is 0 Å². The maximum Gasteiger partial charge on any atom is 0.193 e. The van der Waals surface area contributed by atoms with Crippen molar-refractivity contribution in [2.24, 2.45) is 0 Å². The molecule has 6 heteroatoms. The first-order chi connectivity index (χ1) is 35.5. The molecule has 4 aromatic heterocycles. The van der Waals surface area contributed by atoms with Crippen LogP contribution in [-0.4, -0.2) is 30.7 Å². The number of pyridine rings is 2. The van der Waals surface area contributed by atoms with Gasteiger partial charge in [-0.05, 0) is 129 Å². The van der Waals surface area contributed by atoms with Crippen LogP contribution >= 0.6 is 0 Å². The van der Waals surface area contributed by atoms with Gasteiger partial charge in [-0.1, -0.05) is 146 Å². The van der Waals surface area contributed by atoms with E-state index in [-0.39, 0.29) is 11.6 Å². The molecule has 0 saturated carbocycles. The molecule has 72 heavy (non-hydrogen) atoms. The van der Waals surface area contributed by atoms with Crippen molar-refractivity contribution in [1.29, 1.82) is 0 Å². The van der Waals surface area contributed by atoms with Gasteiger partial charge in [0.1, 0.15) is 0 Å². The second kappa shape index (κ2) is 17.6. The molecule has 13 aromatic rings. The van der Waals surface area contributed by atoms with Gasteiger partial charge >= 0.3 is 0 Å². The van der Waals surface area contributed by atoms with Crippen molar-refractivity contribution < 1.29 is 9.59 Å². The molecule has 9 aromatic carbocycles. The fourth-order valence-electron chi connectivity index (χ4n) is 10.2. The van der Waals surface area contributed by atoms with Crippen LogP contribution < -0.4 is 0 Å². The molecule has 0 amide bonds. The minimum atomic E-state index is -0.117. The van der Waals surface area contributed by atoms with Crippen LogP contribution in [-0.2, 0) is 0 Å². The lowest BCUT2D eigenvalue weighted by Gasteiger charge is -2.10. The van der Waals surface area contributed by atoms with Crippen LogP contribution in [0.15, 0.2) is 255 Å². The number of hydrogen-bond donors (Lipinski definition) is 0. The average Bonchev–Trinajstić information content (AvgIpc) is 3.97. The Morgan fingerprint density at radius 2 is 0.569 bits per heavy atom. The lowest BCUT2D eigenvalue weighted by atomic mass is 9.98. The molecular formula is C66H42N4O2. The first kappa shape index (κ1) is 42.3. The Morgan fingerprint density at radius 3 is 0.931 bits per heavy atom. The number of rotatable bonds is 10. The van der Waals surface area contributed by atoms with Gasteiger partial charge < -0.3 is 9.13 Å². The Kier molecular flexibility index (Phi) is 10.4. The lowest BCUT2D eigenvalue weighted by Crippen LogP contribution is -2.05. The number of aromatic nitrogens is 4. The maximum atomic E-state index is 13.9. The molecule has 0 aliphatic heterocycles. The summed E-state index contributed by atoms with van der Waals surface area (Å²) in [6.07, 6.45) is 7.47. The zero-order valence-electron chi connectivity index (χ0n) is 38.9. The van der Waals surface area contributed by atoms with Crippen LogP contribution in [0, 0.1) is 0 Å². The van der Waals surface area contributed by atoms with E-state index in [0.717, 1.165) is 77.2 Å². The van der Waals surface area contributed by atoms with Crippen molar-refractivity contribution in [3.8, 4) is 55.9 Å². The van der Waals surface area contributed by atoms with E-state index >= 15 is 0 Å².